The smallest absolute Gasteiger partial charge is 0.246 e. The van der Waals surface area contributed by atoms with Crippen molar-refractivity contribution in [1.82, 2.24) is 14.2 Å². The maximum atomic E-state index is 13.6. The molecule has 0 atom stereocenters. The summed E-state index contributed by atoms with van der Waals surface area (Å²) in [5.74, 6) is 0.258. The number of piperazine rings is 1. The van der Waals surface area contributed by atoms with Crippen molar-refractivity contribution in [2.24, 2.45) is 0 Å². The lowest BCUT2D eigenvalue weighted by molar-refractivity contribution is 0.181. The summed E-state index contributed by atoms with van der Waals surface area (Å²) in [6.07, 6.45) is 1.61. The van der Waals surface area contributed by atoms with E-state index in [9.17, 15) is 12.8 Å². The van der Waals surface area contributed by atoms with E-state index in [-0.39, 0.29) is 10.6 Å². The van der Waals surface area contributed by atoms with Gasteiger partial charge in [-0.15, -0.1) is 11.3 Å². The predicted octanol–water partition coefficient (Wildman–Crippen LogP) is 3.06. The highest BCUT2D eigenvalue weighted by molar-refractivity contribution is 7.89. The highest BCUT2D eigenvalue weighted by Gasteiger charge is 2.31. The molecule has 4 rings (SSSR count). The van der Waals surface area contributed by atoms with Crippen LogP contribution >= 0.6 is 11.3 Å². The van der Waals surface area contributed by atoms with Gasteiger partial charge in [0.15, 0.2) is 5.76 Å². The van der Waals surface area contributed by atoms with Crippen molar-refractivity contribution in [3.63, 3.8) is 0 Å². The van der Waals surface area contributed by atoms with Crippen molar-refractivity contribution in [1.29, 1.82) is 0 Å². The van der Waals surface area contributed by atoms with E-state index in [0.29, 0.717) is 32.7 Å². The molecule has 7 nitrogen and oxygen atoms in total. The van der Waals surface area contributed by atoms with Gasteiger partial charge in [-0.05, 0) is 30.3 Å². The third-order valence-corrected chi connectivity index (χ3v) is 7.51. The van der Waals surface area contributed by atoms with Crippen LogP contribution in [0.25, 0.3) is 11.5 Å². The van der Waals surface area contributed by atoms with E-state index >= 15 is 0 Å². The van der Waals surface area contributed by atoms with Gasteiger partial charge in [0.25, 0.3) is 0 Å². The molecule has 29 heavy (non-hydrogen) atoms. The molecule has 0 aliphatic carbocycles. The van der Waals surface area contributed by atoms with Gasteiger partial charge in [-0.3, -0.25) is 4.90 Å². The molecule has 3 heterocycles. The molecule has 1 saturated heterocycles. The fraction of sp³-hybridized carbons (Fsp3) is 0.316. The van der Waals surface area contributed by atoms with Crippen LogP contribution in [0, 0.1) is 5.82 Å². The van der Waals surface area contributed by atoms with Gasteiger partial charge < -0.3 is 9.15 Å². The van der Waals surface area contributed by atoms with Crippen molar-refractivity contribution in [2.45, 2.75) is 11.4 Å². The molecule has 1 aromatic carbocycles. The summed E-state index contributed by atoms with van der Waals surface area (Å²) in [6.45, 7) is 2.40. The van der Waals surface area contributed by atoms with Crippen LogP contribution in [0.3, 0.4) is 0 Å². The number of methoxy groups -OCH3 is 1. The van der Waals surface area contributed by atoms with Crippen molar-refractivity contribution >= 4 is 21.4 Å². The Kier molecular flexibility index (Phi) is 5.68. The summed E-state index contributed by atoms with van der Waals surface area (Å²) in [7, 11) is -2.46. The molecule has 3 aromatic rings. The molecule has 0 saturated carbocycles. The van der Waals surface area contributed by atoms with E-state index in [1.54, 1.807) is 17.6 Å². The van der Waals surface area contributed by atoms with Crippen LogP contribution in [0.15, 0.2) is 51.3 Å². The Morgan fingerprint density at radius 1 is 1.24 bits per heavy atom. The molecule has 1 fully saturated rings. The Hall–Kier alpha value is -2.27. The SMILES string of the molecule is COc1ccc(F)cc1S(=O)(=O)N1CCN(Cc2nc(-c3ccco3)cs2)CC1. The highest BCUT2D eigenvalue weighted by Crippen LogP contribution is 2.29. The minimum absolute atomic E-state index is 0.141. The maximum Gasteiger partial charge on any atom is 0.246 e. The number of hydrogen-bond acceptors (Lipinski definition) is 7. The quantitative estimate of drug-likeness (QED) is 0.590. The van der Waals surface area contributed by atoms with E-state index in [0.717, 1.165) is 22.5 Å². The van der Waals surface area contributed by atoms with Crippen molar-refractivity contribution in [3.8, 4) is 17.2 Å². The Bertz CT molecular complexity index is 1070. The zero-order valence-electron chi connectivity index (χ0n) is 15.7. The molecule has 2 aromatic heterocycles. The number of sulfonamides is 1. The average Bonchev–Trinajstić information content (AvgIpc) is 3.40. The van der Waals surface area contributed by atoms with Crippen molar-refractivity contribution in [2.75, 3.05) is 33.3 Å². The van der Waals surface area contributed by atoms with Crippen LogP contribution in [0.1, 0.15) is 5.01 Å². The van der Waals surface area contributed by atoms with E-state index in [1.165, 1.54) is 23.5 Å². The molecule has 1 aliphatic heterocycles. The molecular weight excluding hydrogens is 417 g/mol. The molecule has 10 heteroatoms. The summed E-state index contributed by atoms with van der Waals surface area (Å²) in [5, 5.41) is 2.89. The molecule has 0 unspecified atom stereocenters. The Labute approximate surface area is 172 Å². The molecule has 0 bridgehead atoms. The van der Waals surface area contributed by atoms with Crippen LogP contribution in [0.5, 0.6) is 5.75 Å². The Morgan fingerprint density at radius 3 is 2.72 bits per heavy atom. The summed E-state index contributed by atoms with van der Waals surface area (Å²) >= 11 is 1.55. The summed E-state index contributed by atoms with van der Waals surface area (Å²) in [4.78, 5) is 6.60. The molecule has 0 amide bonds. The number of ether oxygens (including phenoxy) is 1. The first-order chi connectivity index (χ1) is 14.0. The zero-order valence-corrected chi connectivity index (χ0v) is 17.4. The van der Waals surface area contributed by atoms with Crippen LogP contribution in [0.4, 0.5) is 4.39 Å². The van der Waals surface area contributed by atoms with Crippen molar-refractivity contribution < 1.29 is 22.0 Å². The molecule has 154 valence electrons. The fourth-order valence-corrected chi connectivity index (χ4v) is 5.65. The van der Waals surface area contributed by atoms with Gasteiger partial charge >= 0.3 is 0 Å². The van der Waals surface area contributed by atoms with E-state index in [2.05, 4.69) is 9.88 Å². The number of thiazole rings is 1. The lowest BCUT2D eigenvalue weighted by atomic mass is 10.3. The largest absolute Gasteiger partial charge is 0.495 e. The third kappa shape index (κ3) is 4.20. The number of benzene rings is 1. The number of aromatic nitrogens is 1. The van der Waals surface area contributed by atoms with Crippen LogP contribution in [-0.4, -0.2) is 55.9 Å². The molecule has 0 N–H and O–H groups in total. The van der Waals surface area contributed by atoms with Gasteiger partial charge in [0.2, 0.25) is 10.0 Å². The normalized spacial score (nSPS) is 16.2. The predicted molar refractivity (Wildman–Crippen MR) is 107 cm³/mol. The number of hydrogen-bond donors (Lipinski definition) is 0. The van der Waals surface area contributed by atoms with Gasteiger partial charge in [-0.2, -0.15) is 4.31 Å². The van der Waals surface area contributed by atoms with Gasteiger partial charge in [-0.25, -0.2) is 17.8 Å². The first-order valence-electron chi connectivity index (χ1n) is 9.01. The number of nitrogens with zero attached hydrogens (tertiary/aromatic N) is 3. The number of furan rings is 1. The maximum absolute atomic E-state index is 13.6. The number of rotatable bonds is 6. The minimum Gasteiger partial charge on any atom is -0.495 e. The van der Waals surface area contributed by atoms with Crippen LogP contribution in [0.2, 0.25) is 0 Å². The van der Waals surface area contributed by atoms with E-state index in [1.807, 2.05) is 17.5 Å². The van der Waals surface area contributed by atoms with E-state index < -0.39 is 15.8 Å². The standard InChI is InChI=1S/C19H20FN3O4S2/c1-26-17-5-4-14(20)11-18(17)29(24,25)23-8-6-22(7-9-23)12-19-21-15(13-28-19)16-3-2-10-27-16/h2-5,10-11,13H,6-9,12H2,1H3. The molecule has 1 aliphatic rings. The lowest BCUT2D eigenvalue weighted by Gasteiger charge is -2.33. The fourth-order valence-electron chi connectivity index (χ4n) is 3.23. The Balaban J connectivity index is 1.41. The Morgan fingerprint density at radius 2 is 2.03 bits per heavy atom. The first-order valence-corrected chi connectivity index (χ1v) is 11.3. The zero-order chi connectivity index (χ0) is 20.4. The second kappa shape index (κ2) is 8.23. The summed E-state index contributed by atoms with van der Waals surface area (Å²) in [5.41, 5.74) is 0.800. The van der Waals surface area contributed by atoms with Gasteiger partial charge in [0.05, 0.1) is 19.9 Å². The molecule has 0 spiro atoms. The summed E-state index contributed by atoms with van der Waals surface area (Å²) in [6, 6.07) is 7.20. The molecule has 0 radical (unpaired) electrons. The minimum atomic E-state index is -3.83. The van der Waals surface area contributed by atoms with Gasteiger partial charge in [0, 0.05) is 31.6 Å². The summed E-state index contributed by atoms with van der Waals surface area (Å²) < 4.78 is 51.4. The first kappa shape index (κ1) is 20.0. The average molecular weight is 438 g/mol. The second-order valence-corrected chi connectivity index (χ2v) is 9.43. The second-order valence-electron chi connectivity index (χ2n) is 6.58. The topological polar surface area (TPSA) is 75.9 Å². The monoisotopic (exact) mass is 437 g/mol. The van der Waals surface area contributed by atoms with Crippen molar-refractivity contribution in [3.05, 3.63) is 52.8 Å². The molecular formula is C19H20FN3O4S2. The van der Waals surface area contributed by atoms with Gasteiger partial charge in [-0.1, -0.05) is 0 Å². The van der Waals surface area contributed by atoms with Crippen LogP contribution < -0.4 is 4.74 Å². The third-order valence-electron chi connectivity index (χ3n) is 4.76. The van der Waals surface area contributed by atoms with Crippen LogP contribution in [-0.2, 0) is 16.6 Å². The highest BCUT2D eigenvalue weighted by atomic mass is 32.2. The lowest BCUT2D eigenvalue weighted by Crippen LogP contribution is -2.48. The van der Waals surface area contributed by atoms with E-state index in [4.69, 9.17) is 9.15 Å². The van der Waals surface area contributed by atoms with Gasteiger partial charge in [0.1, 0.15) is 27.2 Å². The number of halogens is 1.